The molecule has 1 atom stereocenters. The van der Waals surface area contributed by atoms with Crippen molar-refractivity contribution in [2.45, 2.75) is 19.0 Å². The zero-order valence-corrected chi connectivity index (χ0v) is 17.7. The molecular formula is C25H25N5O2. The van der Waals surface area contributed by atoms with Crippen LogP contribution in [0.1, 0.15) is 22.7 Å². The van der Waals surface area contributed by atoms with Crippen molar-refractivity contribution < 1.29 is 9.90 Å². The van der Waals surface area contributed by atoms with Crippen molar-refractivity contribution in [2.75, 3.05) is 19.7 Å². The number of amides is 1. The van der Waals surface area contributed by atoms with Crippen LogP contribution in [0.25, 0.3) is 22.3 Å². The second kappa shape index (κ2) is 8.90. The van der Waals surface area contributed by atoms with Crippen LogP contribution in [-0.2, 0) is 17.8 Å². The smallest absolute Gasteiger partial charge is 0.244 e. The van der Waals surface area contributed by atoms with Gasteiger partial charge in [0.2, 0.25) is 5.91 Å². The number of carbonyl (C=O) groups is 1. The highest BCUT2D eigenvalue weighted by Gasteiger charge is 2.30. The number of H-pyrrole nitrogens is 1. The Morgan fingerprint density at radius 2 is 1.88 bits per heavy atom. The van der Waals surface area contributed by atoms with E-state index in [1.165, 1.54) is 5.56 Å². The Morgan fingerprint density at radius 3 is 2.62 bits per heavy atom. The molecule has 3 heterocycles. The van der Waals surface area contributed by atoms with Crippen LogP contribution >= 0.6 is 0 Å². The second-order valence-electron chi connectivity index (χ2n) is 7.96. The minimum absolute atomic E-state index is 0.00544. The summed E-state index contributed by atoms with van der Waals surface area (Å²) < 4.78 is 0. The van der Waals surface area contributed by atoms with Gasteiger partial charge in [-0.05, 0) is 23.1 Å². The minimum Gasteiger partial charge on any atom is -0.395 e. The molecule has 5 rings (SSSR count). The Bertz CT molecular complexity index is 1220. The van der Waals surface area contributed by atoms with Crippen LogP contribution in [0, 0.1) is 0 Å². The third kappa shape index (κ3) is 3.77. The third-order valence-electron chi connectivity index (χ3n) is 5.99. The normalized spacial score (nSPS) is 14.3. The summed E-state index contributed by atoms with van der Waals surface area (Å²) in [5.41, 5.74) is 5.88. The van der Waals surface area contributed by atoms with E-state index in [2.05, 4.69) is 32.6 Å². The van der Waals surface area contributed by atoms with Gasteiger partial charge in [0.15, 0.2) is 5.65 Å². The second-order valence-corrected chi connectivity index (χ2v) is 7.96. The molecule has 1 aliphatic heterocycles. The van der Waals surface area contributed by atoms with Gasteiger partial charge in [0.25, 0.3) is 0 Å². The molecule has 0 spiro atoms. The predicted octanol–water partition coefficient (Wildman–Crippen LogP) is 2.83. The summed E-state index contributed by atoms with van der Waals surface area (Å²) >= 11 is 0. The van der Waals surface area contributed by atoms with Gasteiger partial charge in [-0.2, -0.15) is 5.10 Å². The number of nitrogens with one attached hydrogen (secondary N) is 2. The molecular weight excluding hydrogens is 402 g/mol. The monoisotopic (exact) mass is 427 g/mol. The summed E-state index contributed by atoms with van der Waals surface area (Å²) in [4.78, 5) is 19.9. The molecule has 32 heavy (non-hydrogen) atoms. The first-order valence-corrected chi connectivity index (χ1v) is 10.8. The number of benzene rings is 2. The maximum atomic E-state index is 13.5. The lowest BCUT2D eigenvalue weighted by atomic mass is 9.95. The lowest BCUT2D eigenvalue weighted by molar-refractivity contribution is -0.134. The molecule has 0 saturated heterocycles. The first kappa shape index (κ1) is 20.4. The van der Waals surface area contributed by atoms with Gasteiger partial charge in [0.1, 0.15) is 6.04 Å². The highest BCUT2D eigenvalue weighted by Crippen LogP contribution is 2.33. The summed E-state index contributed by atoms with van der Waals surface area (Å²) in [6.45, 7) is 1.45. The number of fused-ring (bicyclic) bond motifs is 3. The van der Waals surface area contributed by atoms with E-state index in [0.29, 0.717) is 25.3 Å². The Balaban J connectivity index is 1.46. The molecule has 3 N–H and O–H groups in total. The van der Waals surface area contributed by atoms with Gasteiger partial charge >= 0.3 is 0 Å². The molecule has 162 valence electrons. The van der Waals surface area contributed by atoms with Crippen molar-refractivity contribution >= 4 is 16.9 Å². The quantitative estimate of drug-likeness (QED) is 0.440. The first-order valence-electron chi connectivity index (χ1n) is 10.8. The van der Waals surface area contributed by atoms with Crippen LogP contribution < -0.4 is 5.32 Å². The number of pyridine rings is 1. The van der Waals surface area contributed by atoms with E-state index in [1.807, 2.05) is 59.6 Å². The number of aliphatic hydroxyl groups excluding tert-OH is 1. The molecule has 4 aromatic rings. The topological polar surface area (TPSA) is 94.1 Å². The fourth-order valence-corrected chi connectivity index (χ4v) is 4.43. The number of nitrogens with zero attached hydrogens (tertiary/aromatic N) is 3. The van der Waals surface area contributed by atoms with Crippen molar-refractivity contribution in [1.82, 2.24) is 25.4 Å². The highest BCUT2D eigenvalue weighted by molar-refractivity contribution is 5.94. The molecule has 1 aliphatic rings. The summed E-state index contributed by atoms with van der Waals surface area (Å²) in [5.74, 6) is 0.00544. The van der Waals surface area contributed by atoms with Crippen LogP contribution in [0.15, 0.2) is 66.9 Å². The SMILES string of the molecule is O=C(C(NCCO)c1ccccc1)N1CCc2c(cnc3n[nH]c(-c4ccccc4)c23)C1. The Morgan fingerprint density at radius 1 is 1.12 bits per heavy atom. The fourth-order valence-electron chi connectivity index (χ4n) is 4.43. The maximum Gasteiger partial charge on any atom is 0.244 e. The highest BCUT2D eigenvalue weighted by atomic mass is 16.3. The number of aliphatic hydroxyl groups is 1. The zero-order valence-electron chi connectivity index (χ0n) is 17.7. The number of hydrogen-bond acceptors (Lipinski definition) is 5. The van der Waals surface area contributed by atoms with Gasteiger partial charge in [-0.1, -0.05) is 60.7 Å². The van der Waals surface area contributed by atoms with Gasteiger partial charge in [0.05, 0.1) is 17.7 Å². The number of carbonyl (C=O) groups excluding carboxylic acids is 1. The summed E-state index contributed by atoms with van der Waals surface area (Å²) in [6.07, 6.45) is 2.58. The Hall–Kier alpha value is -3.55. The molecule has 2 aromatic carbocycles. The minimum atomic E-state index is -0.490. The summed E-state index contributed by atoms with van der Waals surface area (Å²) in [6, 6.07) is 19.3. The molecule has 0 bridgehead atoms. The van der Waals surface area contributed by atoms with Gasteiger partial charge < -0.3 is 10.0 Å². The van der Waals surface area contributed by atoms with Crippen molar-refractivity contribution in [3.05, 3.63) is 83.6 Å². The molecule has 0 aliphatic carbocycles. The Labute approximate surface area is 186 Å². The zero-order chi connectivity index (χ0) is 21.9. The third-order valence-corrected chi connectivity index (χ3v) is 5.99. The van der Waals surface area contributed by atoms with Crippen LogP contribution in [0.4, 0.5) is 0 Å². The number of aromatic amines is 1. The summed E-state index contributed by atoms with van der Waals surface area (Å²) in [7, 11) is 0. The fraction of sp³-hybridized carbons (Fsp3) is 0.240. The number of rotatable bonds is 6. The van der Waals surface area contributed by atoms with Crippen LogP contribution in [0.5, 0.6) is 0 Å². The lowest BCUT2D eigenvalue weighted by Crippen LogP contribution is -2.44. The van der Waals surface area contributed by atoms with Crippen molar-refractivity contribution in [3.8, 4) is 11.3 Å². The molecule has 1 unspecified atom stereocenters. The molecule has 1 amide bonds. The van der Waals surface area contributed by atoms with Crippen molar-refractivity contribution in [2.24, 2.45) is 0 Å². The van der Waals surface area contributed by atoms with Crippen LogP contribution in [-0.4, -0.2) is 50.8 Å². The van der Waals surface area contributed by atoms with Gasteiger partial charge in [-0.15, -0.1) is 0 Å². The molecule has 0 saturated carbocycles. The van der Waals surface area contributed by atoms with Gasteiger partial charge in [-0.25, -0.2) is 4.98 Å². The van der Waals surface area contributed by atoms with E-state index in [1.54, 1.807) is 0 Å². The molecule has 7 heteroatoms. The van der Waals surface area contributed by atoms with E-state index in [9.17, 15) is 9.90 Å². The predicted molar refractivity (Wildman–Crippen MR) is 123 cm³/mol. The summed E-state index contributed by atoms with van der Waals surface area (Å²) in [5, 5.41) is 21.1. The number of hydrogen-bond donors (Lipinski definition) is 3. The molecule has 0 radical (unpaired) electrons. The average molecular weight is 428 g/mol. The molecule has 2 aromatic heterocycles. The standard InChI is InChI=1S/C25H25N5O2/c31-14-12-26-23(18-9-5-2-6-10-18)25(32)30-13-11-20-19(16-30)15-27-24-21(20)22(28-29-24)17-7-3-1-4-8-17/h1-10,15,23,26,31H,11-14,16H2,(H,27,28,29). The molecule has 0 fully saturated rings. The van der Waals surface area contributed by atoms with E-state index >= 15 is 0 Å². The lowest BCUT2D eigenvalue weighted by Gasteiger charge is -2.32. The first-order chi connectivity index (χ1) is 15.8. The molecule has 7 nitrogen and oxygen atoms in total. The largest absolute Gasteiger partial charge is 0.395 e. The number of aromatic nitrogens is 3. The van der Waals surface area contributed by atoms with E-state index < -0.39 is 6.04 Å². The van der Waals surface area contributed by atoms with Crippen molar-refractivity contribution in [1.29, 1.82) is 0 Å². The average Bonchev–Trinajstić information content (AvgIpc) is 3.30. The van der Waals surface area contributed by atoms with Crippen LogP contribution in [0.2, 0.25) is 0 Å². The van der Waals surface area contributed by atoms with E-state index in [-0.39, 0.29) is 12.5 Å². The Kier molecular flexibility index (Phi) is 5.66. The van der Waals surface area contributed by atoms with Gasteiger partial charge in [0, 0.05) is 31.4 Å². The maximum absolute atomic E-state index is 13.5. The van der Waals surface area contributed by atoms with Gasteiger partial charge in [-0.3, -0.25) is 15.2 Å². The van der Waals surface area contributed by atoms with E-state index in [4.69, 9.17) is 0 Å². The van der Waals surface area contributed by atoms with Crippen LogP contribution in [0.3, 0.4) is 0 Å². The van der Waals surface area contributed by atoms with Crippen molar-refractivity contribution in [3.63, 3.8) is 0 Å². The van der Waals surface area contributed by atoms with E-state index in [0.717, 1.165) is 34.2 Å².